The van der Waals surface area contributed by atoms with Crippen LogP contribution in [-0.2, 0) is 9.59 Å². The Labute approximate surface area is 209 Å². The first-order valence-corrected chi connectivity index (χ1v) is 11.7. The molecule has 34 heavy (non-hydrogen) atoms. The topological polar surface area (TPSA) is 71.4 Å². The smallest absolute Gasteiger partial charge is 0.294 e. The van der Waals surface area contributed by atoms with E-state index in [1.807, 2.05) is 24.5 Å². The summed E-state index contributed by atoms with van der Waals surface area (Å²) >= 11 is 12.7. The van der Waals surface area contributed by atoms with Crippen LogP contribution in [0.3, 0.4) is 0 Å². The van der Waals surface area contributed by atoms with Crippen molar-refractivity contribution in [3.8, 4) is 5.69 Å². The lowest BCUT2D eigenvalue weighted by Crippen LogP contribution is -2.36. The number of amides is 3. The first-order valence-electron chi connectivity index (χ1n) is 10.1. The molecule has 10 heteroatoms. The summed E-state index contributed by atoms with van der Waals surface area (Å²) in [5, 5.41) is 2.42. The number of imide groups is 1. The SMILES string of the molecule is Cc1cc(/C=C2/SC(=O)N(CC(=O)Nc3ccccc3Cl)C2=O)c(C)n1-c1ccc(F)c(Cl)c1. The summed E-state index contributed by atoms with van der Waals surface area (Å²) in [7, 11) is 0. The number of aromatic nitrogens is 1. The molecule has 1 fully saturated rings. The zero-order chi connectivity index (χ0) is 24.6. The fourth-order valence-corrected chi connectivity index (χ4v) is 4.82. The molecule has 0 aliphatic carbocycles. The van der Waals surface area contributed by atoms with Crippen LogP contribution in [0.15, 0.2) is 53.4 Å². The average molecular weight is 518 g/mol. The highest BCUT2D eigenvalue weighted by Crippen LogP contribution is 2.34. The Hall–Kier alpha value is -3.07. The van der Waals surface area contributed by atoms with Crippen LogP contribution in [0.2, 0.25) is 10.0 Å². The second-order valence-corrected chi connectivity index (χ2v) is 9.36. The average Bonchev–Trinajstić information content (AvgIpc) is 3.21. The summed E-state index contributed by atoms with van der Waals surface area (Å²) in [6.07, 6.45) is 1.61. The second kappa shape index (κ2) is 9.66. The molecule has 1 N–H and O–H groups in total. The number of hydrogen-bond donors (Lipinski definition) is 1. The molecule has 0 bridgehead atoms. The first-order chi connectivity index (χ1) is 16.2. The van der Waals surface area contributed by atoms with Crippen molar-refractivity contribution >= 4 is 63.8 Å². The Morgan fingerprint density at radius 3 is 2.53 bits per heavy atom. The van der Waals surface area contributed by atoms with Gasteiger partial charge < -0.3 is 9.88 Å². The minimum absolute atomic E-state index is 0.00253. The number of aryl methyl sites for hydroxylation is 1. The van der Waals surface area contributed by atoms with Gasteiger partial charge in [-0.15, -0.1) is 0 Å². The van der Waals surface area contributed by atoms with Crippen molar-refractivity contribution in [1.82, 2.24) is 9.47 Å². The lowest BCUT2D eigenvalue weighted by Gasteiger charge is -2.13. The summed E-state index contributed by atoms with van der Waals surface area (Å²) in [5.74, 6) is -1.61. The number of anilines is 1. The van der Waals surface area contributed by atoms with Crippen molar-refractivity contribution in [2.24, 2.45) is 0 Å². The van der Waals surface area contributed by atoms with Gasteiger partial charge in [0.25, 0.3) is 11.1 Å². The van der Waals surface area contributed by atoms with Gasteiger partial charge in [-0.1, -0.05) is 35.3 Å². The number of hydrogen-bond acceptors (Lipinski definition) is 4. The van der Waals surface area contributed by atoms with Gasteiger partial charge in [0.15, 0.2) is 0 Å². The van der Waals surface area contributed by atoms with Crippen LogP contribution in [0, 0.1) is 19.7 Å². The largest absolute Gasteiger partial charge is 0.323 e. The van der Waals surface area contributed by atoms with Gasteiger partial charge >= 0.3 is 0 Å². The molecule has 1 aliphatic heterocycles. The van der Waals surface area contributed by atoms with Crippen molar-refractivity contribution in [2.45, 2.75) is 13.8 Å². The van der Waals surface area contributed by atoms with E-state index in [0.717, 1.165) is 28.0 Å². The molecule has 3 aromatic rings. The fraction of sp³-hybridized carbons (Fsp3) is 0.125. The normalized spacial score (nSPS) is 14.9. The molecule has 2 aromatic carbocycles. The van der Waals surface area contributed by atoms with Gasteiger partial charge in [-0.25, -0.2) is 4.39 Å². The highest BCUT2D eigenvalue weighted by molar-refractivity contribution is 8.18. The van der Waals surface area contributed by atoms with Crippen LogP contribution in [0.4, 0.5) is 14.9 Å². The highest BCUT2D eigenvalue weighted by atomic mass is 35.5. The van der Waals surface area contributed by atoms with Crippen molar-refractivity contribution in [3.63, 3.8) is 0 Å². The van der Waals surface area contributed by atoms with Gasteiger partial charge in [0.2, 0.25) is 5.91 Å². The van der Waals surface area contributed by atoms with E-state index in [0.29, 0.717) is 22.0 Å². The Morgan fingerprint density at radius 2 is 1.82 bits per heavy atom. The molecule has 1 aliphatic rings. The fourth-order valence-electron chi connectivity index (χ4n) is 3.63. The van der Waals surface area contributed by atoms with Gasteiger partial charge in [0.1, 0.15) is 12.4 Å². The molecular formula is C24H18Cl2FN3O3S. The van der Waals surface area contributed by atoms with Crippen LogP contribution >= 0.6 is 35.0 Å². The molecule has 3 amide bonds. The predicted molar refractivity (Wildman–Crippen MR) is 133 cm³/mol. The van der Waals surface area contributed by atoms with Crippen molar-refractivity contribution in [3.05, 3.63) is 86.2 Å². The number of nitrogens with zero attached hydrogens (tertiary/aromatic N) is 2. The van der Waals surface area contributed by atoms with Gasteiger partial charge in [0, 0.05) is 17.1 Å². The third kappa shape index (κ3) is 4.75. The summed E-state index contributed by atoms with van der Waals surface area (Å²) in [4.78, 5) is 38.8. The number of halogens is 3. The van der Waals surface area contributed by atoms with E-state index in [1.54, 1.807) is 36.4 Å². The maximum Gasteiger partial charge on any atom is 0.294 e. The quantitative estimate of drug-likeness (QED) is 0.408. The molecular weight excluding hydrogens is 500 g/mol. The number of carbonyl (C=O) groups excluding carboxylic acids is 3. The predicted octanol–water partition coefficient (Wildman–Crippen LogP) is 6.22. The van der Waals surface area contributed by atoms with Gasteiger partial charge in [-0.3, -0.25) is 19.3 Å². The number of rotatable bonds is 5. The van der Waals surface area contributed by atoms with Crippen LogP contribution in [0.25, 0.3) is 11.8 Å². The van der Waals surface area contributed by atoms with Crippen LogP contribution < -0.4 is 5.32 Å². The molecule has 0 radical (unpaired) electrons. The maximum atomic E-state index is 13.6. The molecule has 0 saturated carbocycles. The van der Waals surface area contributed by atoms with Crippen LogP contribution in [-0.4, -0.2) is 33.1 Å². The van der Waals surface area contributed by atoms with Gasteiger partial charge in [-0.2, -0.15) is 0 Å². The molecule has 174 valence electrons. The summed E-state index contributed by atoms with van der Waals surface area (Å²) in [6.45, 7) is 3.28. The molecule has 1 saturated heterocycles. The van der Waals surface area contributed by atoms with E-state index < -0.39 is 29.4 Å². The summed E-state index contributed by atoms with van der Waals surface area (Å²) in [6, 6.07) is 12.9. The Balaban J connectivity index is 1.55. The monoisotopic (exact) mass is 517 g/mol. The minimum atomic E-state index is -0.557. The molecule has 0 spiro atoms. The van der Waals surface area contributed by atoms with Crippen LogP contribution in [0.1, 0.15) is 17.0 Å². The number of thioether (sulfide) groups is 1. The first kappa shape index (κ1) is 24.1. The highest BCUT2D eigenvalue weighted by Gasteiger charge is 2.36. The molecule has 1 aromatic heterocycles. The molecule has 2 heterocycles. The summed E-state index contributed by atoms with van der Waals surface area (Å²) in [5.41, 5.74) is 3.40. The number of benzene rings is 2. The minimum Gasteiger partial charge on any atom is -0.323 e. The van der Waals surface area contributed by atoms with E-state index in [4.69, 9.17) is 23.2 Å². The zero-order valence-corrected chi connectivity index (χ0v) is 20.4. The second-order valence-electron chi connectivity index (χ2n) is 7.56. The Kier molecular flexibility index (Phi) is 6.84. The maximum absolute atomic E-state index is 13.6. The number of para-hydroxylation sites is 1. The summed E-state index contributed by atoms with van der Waals surface area (Å²) < 4.78 is 15.5. The lowest BCUT2D eigenvalue weighted by atomic mass is 10.2. The van der Waals surface area contributed by atoms with Gasteiger partial charge in [0.05, 0.1) is 20.6 Å². The lowest BCUT2D eigenvalue weighted by molar-refractivity contribution is -0.127. The molecule has 0 atom stereocenters. The van der Waals surface area contributed by atoms with E-state index in [9.17, 15) is 18.8 Å². The van der Waals surface area contributed by atoms with E-state index in [1.165, 1.54) is 12.1 Å². The standard InChI is InChI=1S/C24H18Cl2FN3O3S/c1-13-9-15(14(2)30(13)16-7-8-19(27)18(26)11-16)10-21-23(32)29(24(33)34-21)12-22(31)28-20-6-4-3-5-17(20)25/h3-11H,12H2,1-2H3,(H,28,31)/b21-10+. The number of carbonyl (C=O) groups is 3. The Bertz CT molecular complexity index is 1370. The van der Waals surface area contributed by atoms with Crippen molar-refractivity contribution < 1.29 is 18.8 Å². The van der Waals surface area contributed by atoms with Gasteiger partial charge in [-0.05, 0) is 73.6 Å². The van der Waals surface area contributed by atoms with Crippen molar-refractivity contribution in [1.29, 1.82) is 0 Å². The number of nitrogens with one attached hydrogen (secondary N) is 1. The molecule has 4 rings (SSSR count). The van der Waals surface area contributed by atoms with E-state index in [-0.39, 0.29) is 9.93 Å². The van der Waals surface area contributed by atoms with Crippen molar-refractivity contribution in [2.75, 3.05) is 11.9 Å². The zero-order valence-electron chi connectivity index (χ0n) is 18.1. The molecule has 6 nitrogen and oxygen atoms in total. The van der Waals surface area contributed by atoms with Crippen LogP contribution in [0.5, 0.6) is 0 Å². The third-order valence-corrected chi connectivity index (χ3v) is 6.77. The Morgan fingerprint density at radius 1 is 1.09 bits per heavy atom. The van der Waals surface area contributed by atoms with E-state index in [2.05, 4.69) is 5.32 Å². The molecule has 0 unspecified atom stereocenters. The third-order valence-electron chi connectivity index (χ3n) is 5.24. The van der Waals surface area contributed by atoms with E-state index >= 15 is 0 Å².